The highest BCUT2D eigenvalue weighted by Gasteiger charge is 2.45. The summed E-state index contributed by atoms with van der Waals surface area (Å²) in [6.07, 6.45) is -4.12. The molecule has 2 atom stereocenters. The van der Waals surface area contributed by atoms with Gasteiger partial charge in [-0.3, -0.25) is 4.79 Å². The zero-order valence-electron chi connectivity index (χ0n) is 15.1. The molecule has 0 saturated heterocycles. The zero-order chi connectivity index (χ0) is 20.3. The van der Waals surface area contributed by atoms with E-state index in [0.29, 0.717) is 12.0 Å². The molecule has 4 nitrogen and oxygen atoms in total. The number of benzene rings is 2. The molecular weight excluding hydrogens is 378 g/mol. The molecule has 2 unspecified atom stereocenters. The Kier molecular flexibility index (Phi) is 5.88. The molecule has 1 amide bonds. The van der Waals surface area contributed by atoms with E-state index >= 15 is 0 Å². The summed E-state index contributed by atoms with van der Waals surface area (Å²) in [5.74, 6) is -1.54. The minimum atomic E-state index is -4.56. The van der Waals surface area contributed by atoms with E-state index in [4.69, 9.17) is 9.47 Å². The van der Waals surface area contributed by atoms with Crippen molar-refractivity contribution in [3.8, 4) is 5.75 Å². The van der Waals surface area contributed by atoms with Gasteiger partial charge < -0.3 is 14.8 Å². The Morgan fingerprint density at radius 2 is 1.93 bits per heavy atom. The predicted octanol–water partition coefficient (Wildman–Crippen LogP) is 4.61. The third-order valence-corrected chi connectivity index (χ3v) is 4.54. The number of amides is 1. The van der Waals surface area contributed by atoms with Crippen LogP contribution in [-0.4, -0.2) is 26.2 Å². The molecule has 0 aliphatic heterocycles. The first-order valence-electron chi connectivity index (χ1n) is 8.69. The van der Waals surface area contributed by atoms with Crippen molar-refractivity contribution in [2.45, 2.75) is 18.5 Å². The molecule has 1 aliphatic carbocycles. The van der Waals surface area contributed by atoms with Crippen molar-refractivity contribution in [2.75, 3.05) is 25.6 Å². The lowest BCUT2D eigenvalue weighted by atomic mass is 10.1. The number of ether oxygens (including phenoxy) is 2. The SMILES string of the molecule is COCCOc1ccc(C(F)(F)F)cc1NC(=O)C1CC1c1ccccc1F. The zero-order valence-corrected chi connectivity index (χ0v) is 15.1. The van der Waals surface area contributed by atoms with Crippen LogP contribution in [0.25, 0.3) is 0 Å². The molecule has 1 aliphatic rings. The maximum atomic E-state index is 13.9. The lowest BCUT2D eigenvalue weighted by Crippen LogP contribution is -2.17. The Morgan fingerprint density at radius 1 is 1.18 bits per heavy atom. The van der Waals surface area contributed by atoms with Crippen LogP contribution in [0.3, 0.4) is 0 Å². The first-order chi connectivity index (χ1) is 13.3. The van der Waals surface area contributed by atoms with Crippen LogP contribution >= 0.6 is 0 Å². The third kappa shape index (κ3) is 4.62. The number of methoxy groups -OCH3 is 1. The molecule has 1 saturated carbocycles. The number of carbonyl (C=O) groups is 1. The number of alkyl halides is 3. The van der Waals surface area contributed by atoms with Gasteiger partial charge in [-0.25, -0.2) is 4.39 Å². The van der Waals surface area contributed by atoms with Crippen LogP contribution in [0, 0.1) is 11.7 Å². The van der Waals surface area contributed by atoms with E-state index in [2.05, 4.69) is 5.32 Å². The standard InChI is InChI=1S/C20H19F4NO3/c1-27-8-9-28-18-7-6-12(20(22,23)24)10-17(18)25-19(26)15-11-14(15)13-4-2-3-5-16(13)21/h2-7,10,14-15H,8-9,11H2,1H3,(H,25,26). The quantitative estimate of drug-likeness (QED) is 0.548. The molecule has 8 heteroatoms. The van der Waals surface area contributed by atoms with Crippen molar-refractivity contribution < 1.29 is 31.8 Å². The normalized spacial score (nSPS) is 18.6. The summed E-state index contributed by atoms with van der Waals surface area (Å²) in [5.41, 5.74) is -0.540. The van der Waals surface area contributed by atoms with Gasteiger partial charge in [-0.05, 0) is 42.2 Å². The molecule has 0 spiro atoms. The van der Waals surface area contributed by atoms with E-state index < -0.39 is 29.4 Å². The Balaban J connectivity index is 1.76. The first-order valence-corrected chi connectivity index (χ1v) is 8.69. The van der Waals surface area contributed by atoms with E-state index in [1.54, 1.807) is 18.2 Å². The fourth-order valence-corrected chi connectivity index (χ4v) is 2.99. The van der Waals surface area contributed by atoms with Crippen LogP contribution < -0.4 is 10.1 Å². The Labute approximate surface area is 159 Å². The van der Waals surface area contributed by atoms with Gasteiger partial charge in [0.15, 0.2) is 0 Å². The molecule has 3 rings (SSSR count). The van der Waals surface area contributed by atoms with Crippen molar-refractivity contribution in [3.05, 3.63) is 59.4 Å². The fourth-order valence-electron chi connectivity index (χ4n) is 2.99. The van der Waals surface area contributed by atoms with Gasteiger partial charge in [0.25, 0.3) is 0 Å². The number of carbonyl (C=O) groups excluding carboxylic acids is 1. The molecule has 2 aromatic carbocycles. The van der Waals surface area contributed by atoms with Gasteiger partial charge in [-0.15, -0.1) is 0 Å². The monoisotopic (exact) mass is 397 g/mol. The summed E-state index contributed by atoms with van der Waals surface area (Å²) in [5, 5.41) is 2.50. The topological polar surface area (TPSA) is 47.6 Å². The lowest BCUT2D eigenvalue weighted by Gasteiger charge is -2.15. The predicted molar refractivity (Wildman–Crippen MR) is 94.7 cm³/mol. The van der Waals surface area contributed by atoms with Crippen molar-refractivity contribution in [1.29, 1.82) is 0 Å². The van der Waals surface area contributed by atoms with E-state index in [0.717, 1.165) is 18.2 Å². The first kappa shape index (κ1) is 20.1. The lowest BCUT2D eigenvalue weighted by molar-refractivity contribution is -0.137. The van der Waals surface area contributed by atoms with Crippen LogP contribution in [0.2, 0.25) is 0 Å². The van der Waals surface area contributed by atoms with Crippen LogP contribution in [-0.2, 0) is 15.7 Å². The van der Waals surface area contributed by atoms with Gasteiger partial charge >= 0.3 is 6.18 Å². The molecule has 1 N–H and O–H groups in total. The van der Waals surface area contributed by atoms with E-state index in [1.807, 2.05) is 0 Å². The number of halogens is 4. The number of hydrogen-bond acceptors (Lipinski definition) is 3. The van der Waals surface area contributed by atoms with Gasteiger partial charge in [0, 0.05) is 13.0 Å². The van der Waals surface area contributed by atoms with Gasteiger partial charge in [-0.2, -0.15) is 13.2 Å². The highest BCUT2D eigenvalue weighted by atomic mass is 19.4. The van der Waals surface area contributed by atoms with Crippen LogP contribution in [0.1, 0.15) is 23.5 Å². The van der Waals surface area contributed by atoms with Crippen LogP contribution in [0.15, 0.2) is 42.5 Å². The van der Waals surface area contributed by atoms with E-state index in [9.17, 15) is 22.4 Å². The highest BCUT2D eigenvalue weighted by molar-refractivity contribution is 5.96. The summed E-state index contributed by atoms with van der Waals surface area (Å²) < 4.78 is 63.2. The second-order valence-electron chi connectivity index (χ2n) is 6.51. The minimum absolute atomic E-state index is 0.0740. The van der Waals surface area contributed by atoms with Crippen molar-refractivity contribution in [2.24, 2.45) is 5.92 Å². The van der Waals surface area contributed by atoms with Gasteiger partial charge in [0.1, 0.15) is 18.2 Å². The van der Waals surface area contributed by atoms with Crippen molar-refractivity contribution >= 4 is 11.6 Å². The molecule has 150 valence electrons. The molecule has 0 bridgehead atoms. The summed E-state index contributed by atoms with van der Waals surface area (Å²) in [4.78, 5) is 12.5. The molecular formula is C20H19F4NO3. The summed E-state index contributed by atoms with van der Waals surface area (Å²) >= 11 is 0. The summed E-state index contributed by atoms with van der Waals surface area (Å²) in [7, 11) is 1.47. The molecule has 0 heterocycles. The number of anilines is 1. The minimum Gasteiger partial charge on any atom is -0.489 e. The molecule has 0 aromatic heterocycles. The van der Waals surface area contributed by atoms with E-state index in [-0.39, 0.29) is 30.6 Å². The van der Waals surface area contributed by atoms with Gasteiger partial charge in [0.05, 0.1) is 17.9 Å². The summed E-state index contributed by atoms with van der Waals surface area (Å²) in [6.45, 7) is 0.360. The molecule has 0 radical (unpaired) electrons. The maximum absolute atomic E-state index is 13.9. The van der Waals surface area contributed by atoms with Gasteiger partial charge in [0.2, 0.25) is 5.91 Å². The van der Waals surface area contributed by atoms with Crippen LogP contribution in [0.5, 0.6) is 5.75 Å². The molecule has 28 heavy (non-hydrogen) atoms. The fraction of sp³-hybridized carbons (Fsp3) is 0.350. The number of hydrogen-bond donors (Lipinski definition) is 1. The van der Waals surface area contributed by atoms with Crippen LogP contribution in [0.4, 0.5) is 23.2 Å². The van der Waals surface area contributed by atoms with Gasteiger partial charge in [-0.1, -0.05) is 18.2 Å². The Morgan fingerprint density at radius 3 is 2.61 bits per heavy atom. The Hall–Kier alpha value is -2.61. The average molecular weight is 397 g/mol. The maximum Gasteiger partial charge on any atom is 0.416 e. The smallest absolute Gasteiger partial charge is 0.416 e. The summed E-state index contributed by atoms with van der Waals surface area (Å²) in [6, 6.07) is 9.05. The largest absolute Gasteiger partial charge is 0.489 e. The second kappa shape index (κ2) is 8.18. The van der Waals surface area contributed by atoms with Crippen molar-refractivity contribution in [1.82, 2.24) is 0 Å². The van der Waals surface area contributed by atoms with Crippen molar-refractivity contribution in [3.63, 3.8) is 0 Å². The Bertz CT molecular complexity index is 854. The highest BCUT2D eigenvalue weighted by Crippen LogP contribution is 2.49. The average Bonchev–Trinajstić information content (AvgIpc) is 3.43. The van der Waals surface area contributed by atoms with E-state index in [1.165, 1.54) is 13.2 Å². The molecule has 2 aromatic rings. The number of rotatable bonds is 7. The molecule has 1 fully saturated rings. The second-order valence-corrected chi connectivity index (χ2v) is 6.51. The number of nitrogens with one attached hydrogen (secondary N) is 1. The third-order valence-electron chi connectivity index (χ3n) is 4.54.